The first-order chi connectivity index (χ1) is 18.0. The van der Waals surface area contributed by atoms with Crippen LogP contribution in [0.3, 0.4) is 0 Å². The third kappa shape index (κ3) is 8.18. The largest absolute Gasteiger partial charge is 0.385 e. The van der Waals surface area contributed by atoms with Crippen molar-refractivity contribution in [3.8, 4) is 0 Å². The summed E-state index contributed by atoms with van der Waals surface area (Å²) in [5.41, 5.74) is 4.25. The van der Waals surface area contributed by atoms with Crippen molar-refractivity contribution in [1.82, 2.24) is 20.2 Å². The summed E-state index contributed by atoms with van der Waals surface area (Å²) in [6.07, 6.45) is 9.25. The molecule has 2 fully saturated rings. The molecule has 7 heteroatoms. The van der Waals surface area contributed by atoms with Gasteiger partial charge in [0.2, 0.25) is 5.95 Å². The standard InChI is InChI=1S/C30H46N6O.CH4/c1-5-6-12-30(23(2)3)21-27(22-30)33-24(4)28-11-14-32-29(35-28)34-26-10-7-9-25(20-26)31-13-8-15-36-16-18-37-19-17-36;/h7,9-11,14,20,23,27,31,33H,4-6,8,12-13,15-19,21-22H2,1-3H3,(H,32,34,35);1H4. The van der Waals surface area contributed by atoms with Crippen LogP contribution in [0.4, 0.5) is 17.3 Å². The minimum absolute atomic E-state index is 0. The maximum absolute atomic E-state index is 5.43. The summed E-state index contributed by atoms with van der Waals surface area (Å²) in [5, 5.41) is 10.5. The summed E-state index contributed by atoms with van der Waals surface area (Å²) < 4.78 is 5.43. The van der Waals surface area contributed by atoms with Crippen molar-refractivity contribution in [2.24, 2.45) is 11.3 Å². The maximum Gasteiger partial charge on any atom is 0.227 e. The van der Waals surface area contributed by atoms with Gasteiger partial charge in [-0.3, -0.25) is 4.90 Å². The molecular formula is C31H50N6O. The van der Waals surface area contributed by atoms with Crippen molar-refractivity contribution in [1.29, 1.82) is 0 Å². The van der Waals surface area contributed by atoms with E-state index in [4.69, 9.17) is 9.72 Å². The van der Waals surface area contributed by atoms with Crippen LogP contribution in [0.25, 0.3) is 5.70 Å². The van der Waals surface area contributed by atoms with E-state index in [1.54, 1.807) is 6.20 Å². The van der Waals surface area contributed by atoms with Crippen molar-refractivity contribution >= 4 is 23.0 Å². The summed E-state index contributed by atoms with van der Waals surface area (Å²) >= 11 is 0. The lowest BCUT2D eigenvalue weighted by Gasteiger charge is -2.52. The second-order valence-corrected chi connectivity index (χ2v) is 11.1. The summed E-state index contributed by atoms with van der Waals surface area (Å²) in [7, 11) is 0. The van der Waals surface area contributed by atoms with Crippen LogP contribution < -0.4 is 16.0 Å². The minimum atomic E-state index is 0. The van der Waals surface area contributed by atoms with E-state index in [1.807, 2.05) is 18.2 Å². The molecule has 0 radical (unpaired) electrons. The van der Waals surface area contributed by atoms with E-state index >= 15 is 0 Å². The fraction of sp³-hybridized carbons (Fsp3) is 0.613. The number of unbranched alkanes of at least 4 members (excludes halogenated alkanes) is 1. The molecule has 0 amide bonds. The number of aromatic nitrogens is 2. The Balaban J connectivity index is 0.00000400. The second-order valence-electron chi connectivity index (χ2n) is 11.1. The Labute approximate surface area is 230 Å². The molecule has 2 heterocycles. The van der Waals surface area contributed by atoms with Gasteiger partial charge in [-0.1, -0.05) is 53.7 Å². The first-order valence-electron chi connectivity index (χ1n) is 14.2. The summed E-state index contributed by atoms with van der Waals surface area (Å²) in [4.78, 5) is 11.6. The maximum atomic E-state index is 5.43. The number of anilines is 3. The van der Waals surface area contributed by atoms with E-state index in [0.717, 1.165) is 74.5 Å². The lowest BCUT2D eigenvalue weighted by molar-refractivity contribution is 0.0247. The minimum Gasteiger partial charge on any atom is -0.385 e. The van der Waals surface area contributed by atoms with Crippen LogP contribution in [0.5, 0.6) is 0 Å². The zero-order valence-corrected chi connectivity index (χ0v) is 23.1. The molecule has 1 saturated heterocycles. The van der Waals surface area contributed by atoms with Crippen molar-refractivity contribution in [3.05, 3.63) is 48.8 Å². The number of hydrogen-bond donors (Lipinski definition) is 3. The highest BCUT2D eigenvalue weighted by Gasteiger charge is 2.45. The van der Waals surface area contributed by atoms with Gasteiger partial charge in [0.15, 0.2) is 0 Å². The molecule has 0 bridgehead atoms. The number of nitrogens with one attached hydrogen (secondary N) is 3. The van der Waals surface area contributed by atoms with Gasteiger partial charge in [0.05, 0.1) is 24.6 Å². The average Bonchev–Trinajstić information content (AvgIpc) is 2.88. The molecule has 1 aromatic heterocycles. The topological polar surface area (TPSA) is 74.3 Å². The fourth-order valence-corrected chi connectivity index (χ4v) is 5.62. The predicted molar refractivity (Wildman–Crippen MR) is 161 cm³/mol. The second kappa shape index (κ2) is 14.5. The molecule has 2 aliphatic rings. The highest BCUT2D eigenvalue weighted by atomic mass is 16.5. The van der Waals surface area contributed by atoms with E-state index in [0.29, 0.717) is 17.4 Å². The van der Waals surface area contributed by atoms with Gasteiger partial charge in [0, 0.05) is 43.2 Å². The van der Waals surface area contributed by atoms with Crippen LogP contribution in [-0.2, 0) is 4.74 Å². The SMILES string of the molecule is C.C=C(NC1CC(CCCC)(C(C)C)C1)c1ccnc(Nc2cccc(NCCCN3CCOCC3)c2)n1. The molecule has 0 spiro atoms. The van der Waals surface area contributed by atoms with Gasteiger partial charge in [0.1, 0.15) is 0 Å². The highest BCUT2D eigenvalue weighted by molar-refractivity contribution is 5.63. The van der Waals surface area contributed by atoms with E-state index < -0.39 is 0 Å². The fourth-order valence-electron chi connectivity index (χ4n) is 5.62. The lowest BCUT2D eigenvalue weighted by atomic mass is 9.57. The number of nitrogens with zero attached hydrogens (tertiary/aromatic N) is 3. The summed E-state index contributed by atoms with van der Waals surface area (Å²) in [5.74, 6) is 1.30. The quantitative estimate of drug-likeness (QED) is 0.243. The first kappa shape index (κ1) is 29.9. The molecular weight excluding hydrogens is 472 g/mol. The molecule has 38 heavy (non-hydrogen) atoms. The molecule has 1 aliphatic heterocycles. The van der Waals surface area contributed by atoms with Gasteiger partial charge in [-0.15, -0.1) is 0 Å². The average molecular weight is 523 g/mol. The number of hydrogen-bond acceptors (Lipinski definition) is 7. The normalized spacial score (nSPS) is 21.3. The molecule has 0 unspecified atom stereocenters. The van der Waals surface area contributed by atoms with E-state index in [9.17, 15) is 0 Å². The first-order valence-corrected chi connectivity index (χ1v) is 14.2. The van der Waals surface area contributed by atoms with Crippen LogP contribution >= 0.6 is 0 Å². The van der Waals surface area contributed by atoms with Crippen LogP contribution in [-0.4, -0.2) is 60.3 Å². The number of benzene rings is 1. The van der Waals surface area contributed by atoms with Crippen LogP contribution in [0, 0.1) is 11.3 Å². The molecule has 3 N–H and O–H groups in total. The summed E-state index contributed by atoms with van der Waals surface area (Å²) in [6.45, 7) is 17.2. The van der Waals surface area contributed by atoms with Crippen LogP contribution in [0.15, 0.2) is 43.1 Å². The Morgan fingerprint density at radius 3 is 2.66 bits per heavy atom. The van der Waals surface area contributed by atoms with Crippen molar-refractivity contribution in [2.45, 2.75) is 72.8 Å². The van der Waals surface area contributed by atoms with Gasteiger partial charge in [-0.05, 0) is 67.8 Å². The number of morpholine rings is 1. The van der Waals surface area contributed by atoms with Gasteiger partial charge in [-0.25, -0.2) is 9.97 Å². The summed E-state index contributed by atoms with van der Waals surface area (Å²) in [6, 6.07) is 10.7. The third-order valence-corrected chi connectivity index (χ3v) is 8.10. The number of rotatable bonds is 14. The zero-order chi connectivity index (χ0) is 26.1. The van der Waals surface area contributed by atoms with Crippen LogP contribution in [0.1, 0.15) is 72.4 Å². The van der Waals surface area contributed by atoms with Crippen LogP contribution in [0.2, 0.25) is 0 Å². The van der Waals surface area contributed by atoms with Crippen molar-refractivity contribution in [2.75, 3.05) is 50.0 Å². The van der Waals surface area contributed by atoms with E-state index in [2.05, 4.69) is 65.3 Å². The van der Waals surface area contributed by atoms with E-state index in [1.165, 1.54) is 32.1 Å². The number of ether oxygens (including phenoxy) is 1. The molecule has 1 aliphatic carbocycles. The smallest absolute Gasteiger partial charge is 0.227 e. The monoisotopic (exact) mass is 522 g/mol. The van der Waals surface area contributed by atoms with Gasteiger partial charge in [-0.2, -0.15) is 0 Å². The molecule has 1 saturated carbocycles. The lowest BCUT2D eigenvalue weighted by Crippen LogP contribution is -2.50. The zero-order valence-electron chi connectivity index (χ0n) is 23.1. The van der Waals surface area contributed by atoms with Crippen molar-refractivity contribution < 1.29 is 4.74 Å². The third-order valence-electron chi connectivity index (χ3n) is 8.10. The Bertz CT molecular complexity index is 997. The molecule has 7 nitrogen and oxygen atoms in total. The van der Waals surface area contributed by atoms with Crippen molar-refractivity contribution in [3.63, 3.8) is 0 Å². The Morgan fingerprint density at radius 1 is 1.16 bits per heavy atom. The van der Waals surface area contributed by atoms with Gasteiger partial charge < -0.3 is 20.7 Å². The molecule has 0 atom stereocenters. The van der Waals surface area contributed by atoms with Gasteiger partial charge >= 0.3 is 0 Å². The van der Waals surface area contributed by atoms with Gasteiger partial charge in [0.25, 0.3) is 0 Å². The Kier molecular flexibility index (Phi) is 11.4. The highest BCUT2D eigenvalue weighted by Crippen LogP contribution is 2.51. The molecule has 210 valence electrons. The molecule has 4 rings (SSSR count). The Hall–Kier alpha value is -2.64. The Morgan fingerprint density at radius 2 is 1.92 bits per heavy atom. The van der Waals surface area contributed by atoms with E-state index in [-0.39, 0.29) is 7.43 Å². The molecule has 2 aromatic rings. The molecule has 1 aromatic carbocycles. The predicted octanol–water partition coefficient (Wildman–Crippen LogP) is 6.55.